The first-order valence-electron chi connectivity index (χ1n) is 7.26. The van der Waals surface area contributed by atoms with E-state index in [4.69, 9.17) is 0 Å². The van der Waals surface area contributed by atoms with E-state index in [9.17, 15) is 9.59 Å². The number of hydrogen-bond donors (Lipinski definition) is 1. The molecular formula is C14H22N2O2. The molecule has 2 aliphatic carbocycles. The number of nitrogens with zero attached hydrogens (tertiary/aromatic N) is 1. The summed E-state index contributed by atoms with van der Waals surface area (Å²) in [6, 6.07) is -0.0203. The van der Waals surface area contributed by atoms with E-state index >= 15 is 0 Å². The van der Waals surface area contributed by atoms with E-state index in [2.05, 4.69) is 12.2 Å². The molecule has 0 aromatic rings. The van der Waals surface area contributed by atoms with Crippen LogP contribution < -0.4 is 5.32 Å². The van der Waals surface area contributed by atoms with Crippen LogP contribution in [0.25, 0.3) is 0 Å². The Hall–Kier alpha value is -0.900. The molecule has 3 fully saturated rings. The van der Waals surface area contributed by atoms with Crippen LogP contribution in [0.5, 0.6) is 0 Å². The predicted octanol–water partition coefficient (Wildman–Crippen LogP) is 1.30. The van der Waals surface area contributed by atoms with Crippen LogP contribution in [0.2, 0.25) is 0 Å². The number of likely N-dealkylation sites (tertiary alicyclic amines) is 1. The molecule has 2 saturated carbocycles. The number of nitrogens with one attached hydrogen (secondary N) is 1. The van der Waals surface area contributed by atoms with Gasteiger partial charge in [-0.3, -0.25) is 14.5 Å². The fourth-order valence-electron chi connectivity index (χ4n) is 3.35. The summed E-state index contributed by atoms with van der Waals surface area (Å²) in [4.78, 5) is 25.4. The summed E-state index contributed by atoms with van der Waals surface area (Å²) in [7, 11) is 0. The third-order valence-electron chi connectivity index (χ3n) is 4.76. The Morgan fingerprint density at radius 3 is 2.61 bits per heavy atom. The molecule has 1 saturated heterocycles. The lowest BCUT2D eigenvalue weighted by Gasteiger charge is -2.19. The summed E-state index contributed by atoms with van der Waals surface area (Å²) in [5.41, 5.74) is 0. The van der Waals surface area contributed by atoms with Crippen LogP contribution in [-0.4, -0.2) is 35.3 Å². The number of hydrogen-bond acceptors (Lipinski definition) is 3. The topological polar surface area (TPSA) is 49.4 Å². The SMILES string of the molecule is CC1CCCC1CNC1CC(=O)N(C2CC2)C1=O. The van der Waals surface area contributed by atoms with Crippen molar-refractivity contribution >= 4 is 11.8 Å². The molecule has 3 atom stereocenters. The summed E-state index contributed by atoms with van der Waals surface area (Å²) in [6.07, 6.45) is 6.25. The van der Waals surface area contributed by atoms with Crippen LogP contribution in [0.4, 0.5) is 0 Å². The minimum absolute atomic E-state index is 0.0214. The Labute approximate surface area is 108 Å². The third-order valence-corrected chi connectivity index (χ3v) is 4.76. The van der Waals surface area contributed by atoms with E-state index in [1.165, 1.54) is 24.2 Å². The molecule has 3 rings (SSSR count). The van der Waals surface area contributed by atoms with Crippen LogP contribution in [0.15, 0.2) is 0 Å². The molecule has 18 heavy (non-hydrogen) atoms. The number of amides is 2. The van der Waals surface area contributed by atoms with Crippen molar-refractivity contribution in [2.75, 3.05) is 6.54 Å². The van der Waals surface area contributed by atoms with Crippen LogP contribution >= 0.6 is 0 Å². The molecule has 4 heteroatoms. The Morgan fingerprint density at radius 2 is 2.00 bits per heavy atom. The molecule has 0 radical (unpaired) electrons. The van der Waals surface area contributed by atoms with Gasteiger partial charge in [0.15, 0.2) is 0 Å². The summed E-state index contributed by atoms with van der Waals surface area (Å²) in [5.74, 6) is 1.49. The van der Waals surface area contributed by atoms with Crippen molar-refractivity contribution in [2.24, 2.45) is 11.8 Å². The lowest BCUT2D eigenvalue weighted by atomic mass is 9.98. The largest absolute Gasteiger partial charge is 0.305 e. The van der Waals surface area contributed by atoms with Gasteiger partial charge in [-0.25, -0.2) is 0 Å². The van der Waals surface area contributed by atoms with Gasteiger partial charge in [-0.2, -0.15) is 0 Å². The summed E-state index contributed by atoms with van der Waals surface area (Å²) < 4.78 is 0. The van der Waals surface area contributed by atoms with Crippen LogP contribution in [-0.2, 0) is 9.59 Å². The lowest BCUT2D eigenvalue weighted by Crippen LogP contribution is -2.41. The van der Waals surface area contributed by atoms with Crippen molar-refractivity contribution in [3.8, 4) is 0 Å². The Bertz CT molecular complexity index is 365. The Kier molecular flexibility index (Phi) is 3.14. The van der Waals surface area contributed by atoms with Gasteiger partial charge in [-0.1, -0.05) is 19.8 Å². The third kappa shape index (κ3) is 2.18. The smallest absolute Gasteiger partial charge is 0.247 e. The van der Waals surface area contributed by atoms with Crippen molar-refractivity contribution in [1.29, 1.82) is 0 Å². The molecule has 3 unspecified atom stereocenters. The monoisotopic (exact) mass is 250 g/mol. The number of rotatable bonds is 4. The molecule has 4 nitrogen and oxygen atoms in total. The molecule has 1 N–H and O–H groups in total. The highest BCUT2D eigenvalue weighted by atomic mass is 16.2. The van der Waals surface area contributed by atoms with Crippen LogP contribution in [0, 0.1) is 11.8 Å². The molecule has 1 aliphatic heterocycles. The first-order chi connectivity index (χ1) is 8.66. The van der Waals surface area contributed by atoms with E-state index < -0.39 is 0 Å². The highest BCUT2D eigenvalue weighted by Crippen LogP contribution is 2.33. The zero-order valence-electron chi connectivity index (χ0n) is 11.0. The number of imide groups is 1. The molecule has 3 aliphatic rings. The van der Waals surface area contributed by atoms with Gasteiger partial charge in [-0.15, -0.1) is 0 Å². The highest BCUT2D eigenvalue weighted by molar-refractivity contribution is 6.06. The average Bonchev–Trinajstić information content (AvgIpc) is 3.01. The normalized spacial score (nSPS) is 36.7. The maximum atomic E-state index is 12.1. The Morgan fingerprint density at radius 1 is 1.22 bits per heavy atom. The van der Waals surface area contributed by atoms with E-state index in [0.29, 0.717) is 12.3 Å². The molecule has 0 aromatic heterocycles. The van der Waals surface area contributed by atoms with Crippen molar-refractivity contribution in [1.82, 2.24) is 10.2 Å². The maximum Gasteiger partial charge on any atom is 0.247 e. The second-order valence-electron chi connectivity index (χ2n) is 6.17. The summed E-state index contributed by atoms with van der Waals surface area (Å²) >= 11 is 0. The highest BCUT2D eigenvalue weighted by Gasteiger charge is 2.46. The van der Waals surface area contributed by atoms with Crippen molar-refractivity contribution < 1.29 is 9.59 Å². The predicted molar refractivity (Wildman–Crippen MR) is 67.8 cm³/mol. The number of carbonyl (C=O) groups is 2. The van der Waals surface area contributed by atoms with Gasteiger partial charge in [0.1, 0.15) is 0 Å². The van der Waals surface area contributed by atoms with Gasteiger partial charge in [0, 0.05) is 6.04 Å². The fraction of sp³-hybridized carbons (Fsp3) is 0.857. The molecule has 0 bridgehead atoms. The molecule has 0 aromatic carbocycles. The van der Waals surface area contributed by atoms with Crippen LogP contribution in [0.1, 0.15) is 45.4 Å². The minimum Gasteiger partial charge on any atom is -0.305 e. The molecular weight excluding hydrogens is 228 g/mol. The first-order valence-corrected chi connectivity index (χ1v) is 7.26. The van der Waals surface area contributed by atoms with Crippen molar-refractivity contribution in [3.05, 3.63) is 0 Å². The maximum absolute atomic E-state index is 12.1. The second kappa shape index (κ2) is 4.65. The van der Waals surface area contributed by atoms with Gasteiger partial charge >= 0.3 is 0 Å². The van der Waals surface area contributed by atoms with Crippen molar-refractivity contribution in [3.63, 3.8) is 0 Å². The quantitative estimate of drug-likeness (QED) is 0.765. The average molecular weight is 250 g/mol. The molecule has 0 spiro atoms. The van der Waals surface area contributed by atoms with Gasteiger partial charge in [0.05, 0.1) is 12.5 Å². The van der Waals surface area contributed by atoms with Gasteiger partial charge in [-0.05, 0) is 37.6 Å². The summed E-state index contributed by atoms with van der Waals surface area (Å²) in [5, 5.41) is 3.33. The minimum atomic E-state index is -0.245. The van der Waals surface area contributed by atoms with Crippen molar-refractivity contribution in [2.45, 2.75) is 57.5 Å². The fourth-order valence-corrected chi connectivity index (χ4v) is 3.35. The Balaban J connectivity index is 1.54. The zero-order valence-corrected chi connectivity index (χ0v) is 11.0. The van der Waals surface area contributed by atoms with E-state index in [-0.39, 0.29) is 23.9 Å². The van der Waals surface area contributed by atoms with E-state index in [1.54, 1.807) is 0 Å². The van der Waals surface area contributed by atoms with Gasteiger partial charge in [0.2, 0.25) is 11.8 Å². The van der Waals surface area contributed by atoms with E-state index in [0.717, 1.165) is 25.3 Å². The molecule has 1 heterocycles. The zero-order chi connectivity index (χ0) is 12.7. The van der Waals surface area contributed by atoms with Crippen LogP contribution in [0.3, 0.4) is 0 Å². The van der Waals surface area contributed by atoms with E-state index in [1.807, 2.05) is 0 Å². The number of carbonyl (C=O) groups excluding carboxylic acids is 2. The lowest BCUT2D eigenvalue weighted by molar-refractivity contribution is -0.139. The molecule has 100 valence electrons. The van der Waals surface area contributed by atoms with Gasteiger partial charge < -0.3 is 5.32 Å². The second-order valence-corrected chi connectivity index (χ2v) is 6.17. The standard InChI is InChI=1S/C14H22N2O2/c1-9-3-2-4-10(9)8-15-12-7-13(17)16(14(12)18)11-5-6-11/h9-12,15H,2-8H2,1H3. The summed E-state index contributed by atoms with van der Waals surface area (Å²) in [6.45, 7) is 3.18. The van der Waals surface area contributed by atoms with Gasteiger partial charge in [0.25, 0.3) is 0 Å². The molecule has 2 amide bonds. The first kappa shape index (κ1) is 12.2.